The number of anilines is 1. The molecule has 0 saturated heterocycles. The lowest BCUT2D eigenvalue weighted by atomic mass is 9.95. The minimum atomic E-state index is -4.78. The molecule has 3 aromatic rings. The van der Waals surface area contributed by atoms with Crippen molar-refractivity contribution >= 4 is 34.4 Å². The first kappa shape index (κ1) is 33.2. The molecule has 0 fully saturated rings. The van der Waals surface area contributed by atoms with Crippen LogP contribution in [0, 0.1) is 0 Å². The zero-order valence-electron chi connectivity index (χ0n) is 25.2. The minimum Gasteiger partial charge on any atom is -0.406 e. The third kappa shape index (κ3) is 9.38. The minimum absolute atomic E-state index is 0.296. The summed E-state index contributed by atoms with van der Waals surface area (Å²) in [7, 11) is 2.07. The molecular weight excluding hydrogens is 591 g/mol. The molecule has 2 aromatic carbocycles. The van der Waals surface area contributed by atoms with Crippen LogP contribution in [0.1, 0.15) is 69.0 Å². The number of hydrogen-bond acceptors (Lipinski definition) is 7. The highest BCUT2D eigenvalue weighted by Gasteiger charge is 2.31. The van der Waals surface area contributed by atoms with Gasteiger partial charge in [-0.15, -0.1) is 24.5 Å². The summed E-state index contributed by atoms with van der Waals surface area (Å²) in [5.74, 6) is -1.11. The zero-order chi connectivity index (χ0) is 31.7. The Bertz CT molecular complexity index is 1450. The van der Waals surface area contributed by atoms with Crippen molar-refractivity contribution in [2.45, 2.75) is 52.4 Å². The molecule has 44 heavy (non-hydrogen) atoms. The number of halogens is 3. The second-order valence-electron chi connectivity index (χ2n) is 10.7. The van der Waals surface area contributed by atoms with Crippen LogP contribution < -0.4 is 15.5 Å². The van der Waals surface area contributed by atoms with E-state index < -0.39 is 12.3 Å². The fourth-order valence-corrected chi connectivity index (χ4v) is 6.38. The van der Waals surface area contributed by atoms with Gasteiger partial charge in [0.1, 0.15) is 10.8 Å². The molecule has 0 atom stereocenters. The van der Waals surface area contributed by atoms with E-state index in [1.165, 1.54) is 41.8 Å². The number of nitrogens with one attached hydrogen (secondary N) is 2. The number of aryl methyl sites for hydroxylation is 1. The van der Waals surface area contributed by atoms with Crippen LogP contribution in [0.3, 0.4) is 0 Å². The van der Waals surface area contributed by atoms with Gasteiger partial charge in [-0.2, -0.15) is 5.10 Å². The SMILES string of the molecule is CCN(CC)CCN(C)Cc1cccc(C(=O)Nc2sc3c(c2C(=O)N/N=C\c2ccc(OC(F)(F)F)cc2)CCCC3)c1. The van der Waals surface area contributed by atoms with Crippen LogP contribution in [0.15, 0.2) is 53.6 Å². The van der Waals surface area contributed by atoms with Gasteiger partial charge < -0.3 is 19.9 Å². The molecule has 0 aliphatic heterocycles. The zero-order valence-corrected chi connectivity index (χ0v) is 26.0. The maximum absolute atomic E-state index is 13.4. The Morgan fingerprint density at radius 3 is 2.45 bits per heavy atom. The normalized spacial score (nSPS) is 13.4. The number of alkyl halides is 3. The number of ether oxygens (including phenoxy) is 1. The highest BCUT2D eigenvalue weighted by molar-refractivity contribution is 7.17. The maximum Gasteiger partial charge on any atom is 0.573 e. The van der Waals surface area contributed by atoms with Gasteiger partial charge in [0.25, 0.3) is 11.8 Å². The number of thiophene rings is 1. The van der Waals surface area contributed by atoms with Crippen LogP contribution in [0.25, 0.3) is 0 Å². The van der Waals surface area contributed by atoms with Crippen molar-refractivity contribution in [3.05, 3.63) is 81.2 Å². The highest BCUT2D eigenvalue weighted by atomic mass is 32.1. The van der Waals surface area contributed by atoms with Crippen molar-refractivity contribution in [2.75, 3.05) is 38.5 Å². The van der Waals surface area contributed by atoms with E-state index in [1.807, 2.05) is 18.2 Å². The quantitative estimate of drug-likeness (QED) is 0.171. The highest BCUT2D eigenvalue weighted by Crippen LogP contribution is 2.38. The molecule has 12 heteroatoms. The summed E-state index contributed by atoms with van der Waals surface area (Å²) in [5, 5.41) is 7.45. The molecule has 0 radical (unpaired) electrons. The number of amides is 2. The summed E-state index contributed by atoms with van der Waals surface area (Å²) < 4.78 is 41.1. The average Bonchev–Trinajstić information content (AvgIpc) is 3.35. The predicted octanol–water partition coefficient (Wildman–Crippen LogP) is 6.32. The van der Waals surface area contributed by atoms with E-state index in [1.54, 1.807) is 6.07 Å². The summed E-state index contributed by atoms with van der Waals surface area (Å²) in [6.07, 6.45) is 0.0674. The molecule has 1 aliphatic carbocycles. The van der Waals surface area contributed by atoms with Gasteiger partial charge in [0.15, 0.2) is 0 Å². The average molecular weight is 630 g/mol. The van der Waals surface area contributed by atoms with Gasteiger partial charge in [0, 0.05) is 30.1 Å². The molecule has 1 heterocycles. The molecule has 2 amide bonds. The molecule has 8 nitrogen and oxygen atoms in total. The van der Waals surface area contributed by atoms with Gasteiger partial charge in [-0.1, -0.05) is 26.0 Å². The number of rotatable bonds is 13. The molecular formula is C32H38F3N5O3S. The van der Waals surface area contributed by atoms with Gasteiger partial charge >= 0.3 is 6.36 Å². The first-order valence-corrected chi connectivity index (χ1v) is 15.5. The summed E-state index contributed by atoms with van der Waals surface area (Å²) in [6, 6.07) is 12.6. The number of hydrogen-bond donors (Lipinski definition) is 2. The predicted molar refractivity (Wildman–Crippen MR) is 168 cm³/mol. The first-order chi connectivity index (χ1) is 21.1. The van der Waals surface area contributed by atoms with Crippen molar-refractivity contribution in [1.82, 2.24) is 15.2 Å². The van der Waals surface area contributed by atoms with Gasteiger partial charge in [-0.3, -0.25) is 9.59 Å². The van der Waals surface area contributed by atoms with Crippen LogP contribution >= 0.6 is 11.3 Å². The van der Waals surface area contributed by atoms with Crippen molar-refractivity contribution < 1.29 is 27.5 Å². The Morgan fingerprint density at radius 1 is 1.02 bits per heavy atom. The number of hydrazone groups is 1. The van der Waals surface area contributed by atoms with Gasteiger partial charge in [-0.05, 0) is 98.9 Å². The topological polar surface area (TPSA) is 86.3 Å². The standard InChI is InChI=1S/C32H38F3N5O3S/c1-4-40(5-2)18-17-39(3)21-23-9-8-10-24(19-23)29(41)37-31-28(26-11-6-7-12-27(26)44-31)30(42)38-36-20-22-13-15-25(16-14-22)43-32(33,34)35/h8-10,13-16,19-20H,4-7,11-12,17-18,21H2,1-3H3,(H,37,41)(H,38,42)/b36-20-. The number of nitrogens with zero attached hydrogens (tertiary/aromatic N) is 3. The number of fused-ring (bicyclic) bond motifs is 1. The van der Waals surface area contributed by atoms with Gasteiger partial charge in [0.2, 0.25) is 0 Å². The van der Waals surface area contributed by atoms with Gasteiger partial charge in [0.05, 0.1) is 11.8 Å². The molecule has 2 N–H and O–H groups in total. The van der Waals surface area contributed by atoms with Gasteiger partial charge in [-0.25, -0.2) is 5.43 Å². The molecule has 236 valence electrons. The lowest BCUT2D eigenvalue weighted by Crippen LogP contribution is -2.32. The second-order valence-corrected chi connectivity index (χ2v) is 11.8. The summed E-state index contributed by atoms with van der Waals surface area (Å²) in [6.45, 7) is 8.93. The summed E-state index contributed by atoms with van der Waals surface area (Å²) >= 11 is 1.41. The molecule has 1 aromatic heterocycles. The van der Waals surface area contributed by atoms with Crippen LogP contribution in [0.4, 0.5) is 18.2 Å². The third-order valence-electron chi connectivity index (χ3n) is 7.45. The van der Waals surface area contributed by atoms with E-state index in [2.05, 4.69) is 51.3 Å². The van der Waals surface area contributed by atoms with Crippen molar-refractivity contribution in [1.29, 1.82) is 0 Å². The van der Waals surface area contributed by atoms with E-state index in [0.717, 1.165) is 67.9 Å². The number of carbonyl (C=O) groups excluding carboxylic acids is 2. The van der Waals surface area contributed by atoms with Crippen molar-refractivity contribution in [3.63, 3.8) is 0 Å². The first-order valence-electron chi connectivity index (χ1n) is 14.7. The number of benzene rings is 2. The summed E-state index contributed by atoms with van der Waals surface area (Å²) in [4.78, 5) is 32.4. The van der Waals surface area contributed by atoms with Crippen molar-refractivity contribution in [3.8, 4) is 5.75 Å². The molecule has 1 aliphatic rings. The van der Waals surface area contributed by atoms with Crippen LogP contribution in [-0.2, 0) is 19.4 Å². The van der Waals surface area contributed by atoms with E-state index in [0.29, 0.717) is 28.2 Å². The van der Waals surface area contributed by atoms with E-state index in [9.17, 15) is 22.8 Å². The monoisotopic (exact) mass is 629 g/mol. The second kappa shape index (κ2) is 15.3. The lowest BCUT2D eigenvalue weighted by Gasteiger charge is -2.23. The molecule has 0 bridgehead atoms. The fraction of sp³-hybridized carbons (Fsp3) is 0.406. The van der Waals surface area contributed by atoms with E-state index in [4.69, 9.17) is 0 Å². The third-order valence-corrected chi connectivity index (χ3v) is 8.66. The number of likely N-dealkylation sites (N-methyl/N-ethyl adjacent to an activating group) is 2. The molecule has 0 spiro atoms. The lowest BCUT2D eigenvalue weighted by molar-refractivity contribution is -0.274. The van der Waals surface area contributed by atoms with Crippen LogP contribution in [-0.4, -0.2) is 67.4 Å². The maximum atomic E-state index is 13.4. The smallest absolute Gasteiger partial charge is 0.406 e. The van der Waals surface area contributed by atoms with Crippen LogP contribution in [0.2, 0.25) is 0 Å². The molecule has 4 rings (SSSR count). The van der Waals surface area contributed by atoms with E-state index >= 15 is 0 Å². The van der Waals surface area contributed by atoms with Crippen molar-refractivity contribution in [2.24, 2.45) is 5.10 Å². The Kier molecular flexibility index (Phi) is 11.5. The summed E-state index contributed by atoms with van der Waals surface area (Å²) in [5.41, 5.74) is 5.83. The van der Waals surface area contributed by atoms with E-state index in [-0.39, 0.29) is 11.7 Å². The molecule has 0 unspecified atom stereocenters. The largest absolute Gasteiger partial charge is 0.573 e. The van der Waals surface area contributed by atoms with Crippen LogP contribution in [0.5, 0.6) is 5.75 Å². The Hall–Kier alpha value is -3.74. The number of carbonyl (C=O) groups is 2. The Balaban J connectivity index is 1.43. The fourth-order valence-electron chi connectivity index (χ4n) is 5.10. The molecule has 0 saturated carbocycles. The Labute approximate surface area is 259 Å². The Morgan fingerprint density at radius 2 is 1.75 bits per heavy atom.